The van der Waals surface area contributed by atoms with E-state index >= 15 is 0 Å². The number of rotatable bonds is 5. The SMILES string of the molecule is COCSCC(C)C1=CCc2ccccc21. The second kappa shape index (κ2) is 5.55. The molecule has 1 aliphatic rings. The van der Waals surface area contributed by atoms with E-state index in [4.69, 9.17) is 4.74 Å². The lowest BCUT2D eigenvalue weighted by Crippen LogP contribution is -2.02. The van der Waals surface area contributed by atoms with Crippen molar-refractivity contribution >= 4 is 17.3 Å². The lowest BCUT2D eigenvalue weighted by Gasteiger charge is -2.14. The molecule has 2 rings (SSSR count). The Morgan fingerprint density at radius 1 is 1.38 bits per heavy atom. The topological polar surface area (TPSA) is 9.23 Å². The number of hydrogen-bond acceptors (Lipinski definition) is 2. The van der Waals surface area contributed by atoms with Crippen LogP contribution in [0.25, 0.3) is 5.57 Å². The Morgan fingerprint density at radius 2 is 2.19 bits per heavy atom. The van der Waals surface area contributed by atoms with Gasteiger partial charge in [0.1, 0.15) is 0 Å². The van der Waals surface area contributed by atoms with Crippen molar-refractivity contribution < 1.29 is 4.74 Å². The van der Waals surface area contributed by atoms with Gasteiger partial charge in [0.25, 0.3) is 0 Å². The summed E-state index contributed by atoms with van der Waals surface area (Å²) < 4.78 is 5.07. The number of benzene rings is 1. The quantitative estimate of drug-likeness (QED) is 0.568. The van der Waals surface area contributed by atoms with E-state index in [9.17, 15) is 0 Å². The summed E-state index contributed by atoms with van der Waals surface area (Å²) in [5.41, 5.74) is 4.44. The monoisotopic (exact) mass is 234 g/mol. The van der Waals surface area contributed by atoms with Gasteiger partial charge < -0.3 is 4.74 Å². The van der Waals surface area contributed by atoms with Crippen molar-refractivity contribution in [2.75, 3.05) is 18.8 Å². The third kappa shape index (κ3) is 2.50. The fourth-order valence-corrected chi connectivity index (χ4v) is 2.97. The van der Waals surface area contributed by atoms with Gasteiger partial charge in [-0.25, -0.2) is 0 Å². The molecule has 0 spiro atoms. The highest BCUT2D eigenvalue weighted by Gasteiger charge is 2.18. The van der Waals surface area contributed by atoms with Crippen LogP contribution in [0.15, 0.2) is 30.3 Å². The summed E-state index contributed by atoms with van der Waals surface area (Å²) in [6.07, 6.45) is 3.48. The average Bonchev–Trinajstić information content (AvgIpc) is 2.73. The Morgan fingerprint density at radius 3 is 3.00 bits per heavy atom. The molecule has 1 aliphatic carbocycles. The molecule has 0 heterocycles. The molecular weight excluding hydrogens is 216 g/mol. The zero-order valence-electron chi connectivity index (χ0n) is 9.90. The van der Waals surface area contributed by atoms with E-state index in [1.807, 2.05) is 11.8 Å². The molecule has 0 radical (unpaired) electrons. The summed E-state index contributed by atoms with van der Waals surface area (Å²) in [6.45, 7) is 2.30. The van der Waals surface area contributed by atoms with Crippen LogP contribution in [0.4, 0.5) is 0 Å². The summed E-state index contributed by atoms with van der Waals surface area (Å²) in [4.78, 5) is 0. The van der Waals surface area contributed by atoms with Crippen LogP contribution in [0, 0.1) is 5.92 Å². The van der Waals surface area contributed by atoms with Crippen molar-refractivity contribution in [1.29, 1.82) is 0 Å². The molecule has 0 fully saturated rings. The minimum atomic E-state index is 0.615. The third-order valence-electron chi connectivity index (χ3n) is 2.97. The summed E-state index contributed by atoms with van der Waals surface area (Å²) >= 11 is 1.86. The maximum absolute atomic E-state index is 5.07. The van der Waals surface area contributed by atoms with Gasteiger partial charge in [0.2, 0.25) is 0 Å². The highest BCUT2D eigenvalue weighted by Crippen LogP contribution is 2.33. The van der Waals surface area contributed by atoms with Crippen LogP contribution < -0.4 is 0 Å². The predicted octanol–water partition coefficient (Wildman–Crippen LogP) is 3.60. The van der Waals surface area contributed by atoms with Gasteiger partial charge in [-0.3, -0.25) is 0 Å². The van der Waals surface area contributed by atoms with Crippen molar-refractivity contribution in [3.8, 4) is 0 Å². The van der Waals surface area contributed by atoms with Gasteiger partial charge >= 0.3 is 0 Å². The molecule has 1 aromatic carbocycles. The van der Waals surface area contributed by atoms with Crippen molar-refractivity contribution in [3.63, 3.8) is 0 Å². The minimum absolute atomic E-state index is 0.615. The fourth-order valence-electron chi connectivity index (χ4n) is 2.17. The normalized spacial score (nSPS) is 15.8. The molecular formula is C14H18OS. The first-order valence-electron chi connectivity index (χ1n) is 5.68. The zero-order chi connectivity index (χ0) is 11.4. The molecule has 0 saturated heterocycles. The molecule has 0 aliphatic heterocycles. The highest BCUT2D eigenvalue weighted by atomic mass is 32.2. The lowest BCUT2D eigenvalue weighted by atomic mass is 9.97. The Kier molecular flexibility index (Phi) is 4.08. The predicted molar refractivity (Wildman–Crippen MR) is 71.6 cm³/mol. The van der Waals surface area contributed by atoms with E-state index < -0.39 is 0 Å². The van der Waals surface area contributed by atoms with E-state index in [0.29, 0.717) is 5.92 Å². The number of methoxy groups -OCH3 is 1. The molecule has 2 heteroatoms. The molecule has 0 N–H and O–H groups in total. The molecule has 16 heavy (non-hydrogen) atoms. The van der Waals surface area contributed by atoms with Crippen molar-refractivity contribution in [2.45, 2.75) is 13.3 Å². The van der Waals surface area contributed by atoms with Gasteiger partial charge in [-0.05, 0) is 29.0 Å². The number of thioether (sulfide) groups is 1. The molecule has 0 bridgehead atoms. The number of fused-ring (bicyclic) bond motifs is 1. The lowest BCUT2D eigenvalue weighted by molar-refractivity contribution is 0.258. The molecule has 1 atom stereocenters. The number of hydrogen-bond donors (Lipinski definition) is 0. The standard InChI is InChI=1S/C14H18OS/c1-11(9-16-10-15-2)13-8-7-12-5-3-4-6-14(12)13/h3-6,8,11H,7,9-10H2,1-2H3. The Bertz CT molecular complexity index is 384. The van der Waals surface area contributed by atoms with Crippen molar-refractivity contribution in [1.82, 2.24) is 0 Å². The fraction of sp³-hybridized carbons (Fsp3) is 0.429. The average molecular weight is 234 g/mol. The van der Waals surface area contributed by atoms with E-state index in [-0.39, 0.29) is 0 Å². The number of ether oxygens (including phenoxy) is 1. The number of allylic oxidation sites excluding steroid dienone is 2. The molecule has 1 aromatic rings. The van der Waals surface area contributed by atoms with Crippen LogP contribution in [-0.2, 0) is 11.2 Å². The van der Waals surface area contributed by atoms with Gasteiger partial charge in [-0.15, -0.1) is 11.8 Å². The maximum atomic E-state index is 5.07. The molecule has 1 unspecified atom stereocenters. The Labute approximate surface area is 102 Å². The third-order valence-corrected chi connectivity index (χ3v) is 4.11. The van der Waals surface area contributed by atoms with E-state index in [2.05, 4.69) is 37.3 Å². The molecule has 1 nitrogen and oxygen atoms in total. The van der Waals surface area contributed by atoms with Crippen LogP contribution >= 0.6 is 11.8 Å². The van der Waals surface area contributed by atoms with Crippen LogP contribution in [0.5, 0.6) is 0 Å². The van der Waals surface area contributed by atoms with E-state index in [0.717, 1.165) is 18.1 Å². The zero-order valence-corrected chi connectivity index (χ0v) is 10.7. The summed E-state index contributed by atoms with van der Waals surface area (Å²) in [5.74, 6) is 2.54. The molecule has 0 saturated carbocycles. The van der Waals surface area contributed by atoms with Gasteiger partial charge in [0.05, 0.1) is 5.94 Å². The van der Waals surface area contributed by atoms with Crippen molar-refractivity contribution in [3.05, 3.63) is 41.5 Å². The second-order valence-electron chi connectivity index (χ2n) is 4.20. The van der Waals surface area contributed by atoms with E-state index in [1.54, 1.807) is 7.11 Å². The molecule has 0 aromatic heterocycles. The summed E-state index contributed by atoms with van der Waals surface area (Å²) in [5, 5.41) is 0. The first kappa shape index (κ1) is 11.7. The largest absolute Gasteiger partial charge is 0.374 e. The first-order chi connectivity index (χ1) is 7.83. The van der Waals surface area contributed by atoms with E-state index in [1.165, 1.54) is 16.7 Å². The minimum Gasteiger partial charge on any atom is -0.374 e. The van der Waals surface area contributed by atoms with Gasteiger partial charge in [-0.2, -0.15) is 0 Å². The van der Waals surface area contributed by atoms with Gasteiger partial charge in [0, 0.05) is 12.9 Å². The van der Waals surface area contributed by atoms with Crippen LogP contribution in [0.1, 0.15) is 18.1 Å². The van der Waals surface area contributed by atoms with Gasteiger partial charge in [0.15, 0.2) is 0 Å². The van der Waals surface area contributed by atoms with Crippen molar-refractivity contribution in [2.24, 2.45) is 5.92 Å². The summed E-state index contributed by atoms with van der Waals surface area (Å²) in [6, 6.07) is 8.73. The smallest absolute Gasteiger partial charge is 0.0917 e. The van der Waals surface area contributed by atoms with Crippen LogP contribution in [-0.4, -0.2) is 18.8 Å². The van der Waals surface area contributed by atoms with Gasteiger partial charge in [-0.1, -0.05) is 37.3 Å². The van der Waals surface area contributed by atoms with Crippen LogP contribution in [0.2, 0.25) is 0 Å². The maximum Gasteiger partial charge on any atom is 0.0917 e. The Balaban J connectivity index is 2.01. The molecule has 86 valence electrons. The highest BCUT2D eigenvalue weighted by molar-refractivity contribution is 7.99. The Hall–Kier alpha value is -0.730. The van der Waals surface area contributed by atoms with Crippen LogP contribution in [0.3, 0.4) is 0 Å². The summed E-state index contributed by atoms with van der Waals surface area (Å²) in [7, 11) is 1.75. The second-order valence-corrected chi connectivity index (χ2v) is 5.18. The molecule has 0 amide bonds. The first-order valence-corrected chi connectivity index (χ1v) is 6.83.